The van der Waals surface area contributed by atoms with E-state index in [0.29, 0.717) is 12.8 Å². The van der Waals surface area contributed by atoms with Crippen molar-refractivity contribution in [3.05, 3.63) is 12.7 Å². The van der Waals surface area contributed by atoms with Gasteiger partial charge in [-0.1, -0.05) is 6.08 Å². The Hall–Kier alpha value is -1.16. The summed E-state index contributed by atoms with van der Waals surface area (Å²) in [6, 6.07) is 0. The smallest absolute Gasteiger partial charge is 0.307 e. The number of aliphatic hydroxyl groups excluding tert-OH is 1. The first-order chi connectivity index (χ1) is 7.06. The SMILES string of the molecule is C=CCCC(=O)C1CC(O)CC1C(=O)O. The lowest BCUT2D eigenvalue weighted by atomic mass is 9.90. The van der Waals surface area contributed by atoms with Crippen molar-refractivity contribution in [3.63, 3.8) is 0 Å². The minimum atomic E-state index is -0.983. The number of allylic oxidation sites excluding steroid dienone is 1. The van der Waals surface area contributed by atoms with Crippen LogP contribution in [-0.4, -0.2) is 28.1 Å². The fourth-order valence-corrected chi connectivity index (χ4v) is 2.07. The molecule has 0 aromatic carbocycles. The second kappa shape index (κ2) is 5.07. The summed E-state index contributed by atoms with van der Waals surface area (Å²) in [6.07, 6.45) is 2.36. The van der Waals surface area contributed by atoms with E-state index in [0.717, 1.165) is 0 Å². The maximum atomic E-state index is 11.6. The Bertz CT molecular complexity index is 272. The van der Waals surface area contributed by atoms with Crippen molar-refractivity contribution in [2.75, 3.05) is 0 Å². The number of aliphatic hydroxyl groups is 1. The number of ketones is 1. The molecule has 0 aliphatic heterocycles. The molecule has 0 bridgehead atoms. The molecule has 4 heteroatoms. The molecule has 2 N–H and O–H groups in total. The summed E-state index contributed by atoms with van der Waals surface area (Å²) in [5.41, 5.74) is 0. The molecular formula is C11H16O4. The molecule has 3 unspecified atom stereocenters. The first-order valence-electron chi connectivity index (χ1n) is 5.10. The van der Waals surface area contributed by atoms with Gasteiger partial charge in [0.1, 0.15) is 5.78 Å². The topological polar surface area (TPSA) is 74.6 Å². The molecule has 0 amide bonds. The lowest BCUT2D eigenvalue weighted by Crippen LogP contribution is -2.25. The molecular weight excluding hydrogens is 196 g/mol. The van der Waals surface area contributed by atoms with Gasteiger partial charge in [-0.15, -0.1) is 6.58 Å². The zero-order valence-corrected chi connectivity index (χ0v) is 8.56. The summed E-state index contributed by atoms with van der Waals surface area (Å²) < 4.78 is 0. The Morgan fingerprint density at radius 1 is 1.33 bits per heavy atom. The molecule has 15 heavy (non-hydrogen) atoms. The highest BCUT2D eigenvalue weighted by Crippen LogP contribution is 2.33. The molecule has 0 aromatic heterocycles. The van der Waals surface area contributed by atoms with Crippen molar-refractivity contribution in [1.82, 2.24) is 0 Å². The van der Waals surface area contributed by atoms with E-state index in [1.165, 1.54) is 0 Å². The summed E-state index contributed by atoms with van der Waals surface area (Å²) in [7, 11) is 0. The van der Waals surface area contributed by atoms with Gasteiger partial charge in [-0.3, -0.25) is 9.59 Å². The van der Waals surface area contributed by atoms with E-state index in [-0.39, 0.29) is 18.6 Å². The molecule has 0 heterocycles. The normalized spacial score (nSPS) is 30.1. The second-order valence-electron chi connectivity index (χ2n) is 3.97. The number of rotatable bonds is 5. The van der Waals surface area contributed by atoms with Crippen LogP contribution in [0.5, 0.6) is 0 Å². The first-order valence-corrected chi connectivity index (χ1v) is 5.10. The Morgan fingerprint density at radius 3 is 2.47 bits per heavy atom. The van der Waals surface area contributed by atoms with Gasteiger partial charge in [-0.05, 0) is 19.3 Å². The van der Waals surface area contributed by atoms with Crippen LogP contribution in [0.1, 0.15) is 25.7 Å². The van der Waals surface area contributed by atoms with E-state index in [4.69, 9.17) is 5.11 Å². The highest BCUT2D eigenvalue weighted by molar-refractivity contribution is 5.87. The molecule has 84 valence electrons. The molecule has 0 radical (unpaired) electrons. The Labute approximate surface area is 88.6 Å². The predicted octanol–water partition coefficient (Wildman–Crippen LogP) is 0.993. The Balaban J connectivity index is 2.62. The summed E-state index contributed by atoms with van der Waals surface area (Å²) in [4.78, 5) is 22.5. The van der Waals surface area contributed by atoms with Crippen molar-refractivity contribution < 1.29 is 19.8 Å². The summed E-state index contributed by atoms with van der Waals surface area (Å²) in [5.74, 6) is -2.28. The van der Waals surface area contributed by atoms with Gasteiger partial charge in [0.05, 0.1) is 12.0 Å². The minimum Gasteiger partial charge on any atom is -0.481 e. The van der Waals surface area contributed by atoms with Crippen LogP contribution in [-0.2, 0) is 9.59 Å². The van der Waals surface area contributed by atoms with Gasteiger partial charge in [-0.25, -0.2) is 0 Å². The summed E-state index contributed by atoms with van der Waals surface area (Å²) in [6.45, 7) is 3.51. The predicted molar refractivity (Wildman–Crippen MR) is 54.3 cm³/mol. The molecule has 3 atom stereocenters. The molecule has 1 rings (SSSR count). The maximum Gasteiger partial charge on any atom is 0.307 e. The van der Waals surface area contributed by atoms with Crippen LogP contribution in [0.2, 0.25) is 0 Å². The average Bonchev–Trinajstić information content (AvgIpc) is 2.57. The van der Waals surface area contributed by atoms with Gasteiger partial charge >= 0.3 is 5.97 Å². The lowest BCUT2D eigenvalue weighted by Gasteiger charge is -2.13. The number of hydrogen-bond acceptors (Lipinski definition) is 3. The van der Waals surface area contributed by atoms with Crippen LogP contribution >= 0.6 is 0 Å². The molecule has 0 spiro atoms. The van der Waals surface area contributed by atoms with Crippen LogP contribution in [0.4, 0.5) is 0 Å². The third kappa shape index (κ3) is 2.89. The minimum absolute atomic E-state index is 0.0705. The standard InChI is InChI=1S/C11H16O4/c1-2-3-4-10(13)8-5-7(12)6-9(8)11(14)15/h2,7-9,12H,1,3-6H2,(H,14,15). The molecule has 1 aliphatic rings. The molecule has 0 aromatic rings. The third-order valence-corrected chi connectivity index (χ3v) is 2.86. The van der Waals surface area contributed by atoms with E-state index >= 15 is 0 Å². The molecule has 1 saturated carbocycles. The largest absolute Gasteiger partial charge is 0.481 e. The number of Topliss-reactive ketones (excluding diaryl/α,β-unsaturated/α-hetero) is 1. The molecule has 1 aliphatic carbocycles. The average molecular weight is 212 g/mol. The zero-order valence-electron chi connectivity index (χ0n) is 8.56. The number of hydrogen-bond donors (Lipinski definition) is 2. The van der Waals surface area contributed by atoms with Crippen molar-refractivity contribution >= 4 is 11.8 Å². The van der Waals surface area contributed by atoms with Crippen LogP contribution in [0.25, 0.3) is 0 Å². The number of aliphatic carboxylic acids is 1. The van der Waals surface area contributed by atoms with Gasteiger partial charge in [0.2, 0.25) is 0 Å². The highest BCUT2D eigenvalue weighted by atomic mass is 16.4. The maximum absolute atomic E-state index is 11.6. The fourth-order valence-electron chi connectivity index (χ4n) is 2.07. The quantitative estimate of drug-likeness (QED) is 0.666. The van der Waals surface area contributed by atoms with Gasteiger partial charge in [0.15, 0.2) is 0 Å². The van der Waals surface area contributed by atoms with Gasteiger partial charge in [-0.2, -0.15) is 0 Å². The van der Waals surface area contributed by atoms with Gasteiger partial charge < -0.3 is 10.2 Å². The first kappa shape index (κ1) is 11.9. The number of carbonyl (C=O) groups excluding carboxylic acids is 1. The van der Waals surface area contributed by atoms with Gasteiger partial charge in [0, 0.05) is 12.3 Å². The number of carboxylic acid groups (broad SMARTS) is 1. The monoisotopic (exact) mass is 212 g/mol. The lowest BCUT2D eigenvalue weighted by molar-refractivity contribution is -0.145. The molecule has 1 fully saturated rings. The van der Waals surface area contributed by atoms with E-state index < -0.39 is 23.9 Å². The number of carboxylic acids is 1. The third-order valence-electron chi connectivity index (χ3n) is 2.86. The highest BCUT2D eigenvalue weighted by Gasteiger charge is 2.41. The van der Waals surface area contributed by atoms with Gasteiger partial charge in [0.25, 0.3) is 0 Å². The Morgan fingerprint density at radius 2 is 1.93 bits per heavy atom. The van der Waals surface area contributed by atoms with Crippen molar-refractivity contribution in [3.8, 4) is 0 Å². The van der Waals surface area contributed by atoms with Crippen LogP contribution in [0.3, 0.4) is 0 Å². The van der Waals surface area contributed by atoms with Crippen molar-refractivity contribution in [2.45, 2.75) is 31.8 Å². The van der Waals surface area contributed by atoms with E-state index in [1.807, 2.05) is 0 Å². The van der Waals surface area contributed by atoms with Crippen LogP contribution in [0.15, 0.2) is 12.7 Å². The molecule has 0 saturated heterocycles. The van der Waals surface area contributed by atoms with Crippen LogP contribution in [0, 0.1) is 11.8 Å². The summed E-state index contributed by atoms with van der Waals surface area (Å²) in [5, 5.41) is 18.2. The van der Waals surface area contributed by atoms with E-state index in [2.05, 4.69) is 6.58 Å². The zero-order chi connectivity index (χ0) is 11.4. The molecule has 4 nitrogen and oxygen atoms in total. The van der Waals surface area contributed by atoms with E-state index in [1.54, 1.807) is 6.08 Å². The van der Waals surface area contributed by atoms with Crippen molar-refractivity contribution in [2.24, 2.45) is 11.8 Å². The fraction of sp³-hybridized carbons (Fsp3) is 0.636. The second-order valence-corrected chi connectivity index (χ2v) is 3.97. The Kier molecular flexibility index (Phi) is 4.03. The van der Waals surface area contributed by atoms with Crippen molar-refractivity contribution in [1.29, 1.82) is 0 Å². The number of carbonyl (C=O) groups is 2. The van der Waals surface area contributed by atoms with E-state index in [9.17, 15) is 14.7 Å². The summed E-state index contributed by atoms with van der Waals surface area (Å²) >= 11 is 0. The van der Waals surface area contributed by atoms with Crippen LogP contribution < -0.4 is 0 Å².